The van der Waals surface area contributed by atoms with Crippen molar-refractivity contribution in [1.29, 1.82) is 0 Å². The summed E-state index contributed by atoms with van der Waals surface area (Å²) in [6.45, 7) is 2.02. The lowest BCUT2D eigenvalue weighted by atomic mass is 10.1. The summed E-state index contributed by atoms with van der Waals surface area (Å²) >= 11 is 0. The van der Waals surface area contributed by atoms with Gasteiger partial charge in [-0.2, -0.15) is 5.10 Å². The molecule has 3 aromatic rings. The minimum atomic E-state index is -0.208. The van der Waals surface area contributed by atoms with Crippen molar-refractivity contribution in [3.8, 4) is 17.0 Å². The number of rotatable bonds is 4. The first-order valence-corrected chi connectivity index (χ1v) is 7.10. The van der Waals surface area contributed by atoms with Crippen LogP contribution in [0.3, 0.4) is 0 Å². The molecule has 0 aliphatic heterocycles. The van der Waals surface area contributed by atoms with Gasteiger partial charge in [-0.05, 0) is 42.8 Å². The van der Waals surface area contributed by atoms with Gasteiger partial charge < -0.3 is 4.74 Å². The summed E-state index contributed by atoms with van der Waals surface area (Å²) in [7, 11) is 0. The Balaban J connectivity index is 1.74. The molecule has 2 aromatic carbocycles. The molecule has 0 aliphatic carbocycles. The van der Waals surface area contributed by atoms with Gasteiger partial charge in [0.1, 0.15) is 11.9 Å². The average Bonchev–Trinajstić information content (AvgIpc) is 2.57. The predicted molar refractivity (Wildman–Crippen MR) is 85.8 cm³/mol. The Bertz CT molecular complexity index is 775. The highest BCUT2D eigenvalue weighted by Gasteiger charge is 2.07. The number of aromatic nitrogens is 2. The van der Waals surface area contributed by atoms with Gasteiger partial charge in [-0.3, -0.25) is 4.79 Å². The fraction of sp³-hybridized carbons (Fsp3) is 0.111. The van der Waals surface area contributed by atoms with Crippen LogP contribution in [0.2, 0.25) is 0 Å². The fourth-order valence-corrected chi connectivity index (χ4v) is 2.21. The quantitative estimate of drug-likeness (QED) is 0.799. The Labute approximate surface area is 128 Å². The van der Waals surface area contributed by atoms with Crippen molar-refractivity contribution in [2.45, 2.75) is 13.0 Å². The van der Waals surface area contributed by atoms with Crippen LogP contribution < -0.4 is 10.3 Å². The SMILES string of the molecule is CC(Oc1ccc(-c2ccc(=O)[nH]n2)cc1)c1ccccc1. The number of nitrogens with zero attached hydrogens (tertiary/aromatic N) is 1. The van der Waals surface area contributed by atoms with E-state index in [0.29, 0.717) is 0 Å². The molecule has 22 heavy (non-hydrogen) atoms. The van der Waals surface area contributed by atoms with Gasteiger partial charge in [0.2, 0.25) is 0 Å². The van der Waals surface area contributed by atoms with E-state index in [2.05, 4.69) is 10.2 Å². The molecule has 0 fully saturated rings. The molecule has 0 radical (unpaired) electrons. The number of aromatic amines is 1. The van der Waals surface area contributed by atoms with E-state index in [9.17, 15) is 4.79 Å². The van der Waals surface area contributed by atoms with Crippen LogP contribution in [-0.4, -0.2) is 10.2 Å². The number of benzene rings is 2. The molecular weight excluding hydrogens is 276 g/mol. The molecule has 0 amide bonds. The maximum absolute atomic E-state index is 11.0. The molecule has 0 spiro atoms. The van der Waals surface area contributed by atoms with Gasteiger partial charge in [0.25, 0.3) is 5.56 Å². The largest absolute Gasteiger partial charge is 0.486 e. The van der Waals surface area contributed by atoms with Gasteiger partial charge in [0.05, 0.1) is 5.69 Å². The minimum Gasteiger partial charge on any atom is -0.486 e. The van der Waals surface area contributed by atoms with E-state index < -0.39 is 0 Å². The van der Waals surface area contributed by atoms with E-state index in [4.69, 9.17) is 4.74 Å². The van der Waals surface area contributed by atoms with Crippen molar-refractivity contribution in [2.75, 3.05) is 0 Å². The summed E-state index contributed by atoms with van der Waals surface area (Å²) in [6.07, 6.45) is -0.0155. The number of ether oxygens (including phenoxy) is 1. The van der Waals surface area contributed by atoms with E-state index in [-0.39, 0.29) is 11.7 Å². The van der Waals surface area contributed by atoms with Gasteiger partial charge in [-0.25, -0.2) is 5.10 Å². The lowest BCUT2D eigenvalue weighted by Crippen LogP contribution is -2.05. The Morgan fingerprint density at radius 1 is 0.955 bits per heavy atom. The summed E-state index contributed by atoms with van der Waals surface area (Å²) in [5.74, 6) is 0.796. The van der Waals surface area contributed by atoms with Gasteiger partial charge in [-0.15, -0.1) is 0 Å². The van der Waals surface area contributed by atoms with Crippen molar-refractivity contribution in [3.05, 3.63) is 82.6 Å². The highest BCUT2D eigenvalue weighted by atomic mass is 16.5. The Morgan fingerprint density at radius 2 is 1.68 bits per heavy atom. The molecule has 1 unspecified atom stereocenters. The lowest BCUT2D eigenvalue weighted by molar-refractivity contribution is 0.227. The van der Waals surface area contributed by atoms with E-state index in [1.54, 1.807) is 6.07 Å². The number of hydrogen-bond donors (Lipinski definition) is 1. The third kappa shape index (κ3) is 3.23. The normalized spacial score (nSPS) is 11.9. The summed E-state index contributed by atoms with van der Waals surface area (Å²) in [5, 5.41) is 6.44. The molecule has 110 valence electrons. The van der Waals surface area contributed by atoms with E-state index >= 15 is 0 Å². The van der Waals surface area contributed by atoms with Crippen LogP contribution in [0.15, 0.2) is 71.5 Å². The van der Waals surface area contributed by atoms with Crippen molar-refractivity contribution < 1.29 is 4.74 Å². The van der Waals surface area contributed by atoms with Crippen molar-refractivity contribution in [3.63, 3.8) is 0 Å². The fourth-order valence-electron chi connectivity index (χ4n) is 2.21. The molecule has 1 atom stereocenters. The Hall–Kier alpha value is -2.88. The summed E-state index contributed by atoms with van der Waals surface area (Å²) < 4.78 is 5.93. The molecule has 0 saturated carbocycles. The summed E-state index contributed by atoms with van der Waals surface area (Å²) in [5.41, 5.74) is 2.58. The monoisotopic (exact) mass is 292 g/mol. The summed E-state index contributed by atoms with van der Waals surface area (Å²) in [4.78, 5) is 11.0. The van der Waals surface area contributed by atoms with Crippen molar-refractivity contribution in [1.82, 2.24) is 10.2 Å². The standard InChI is InChI=1S/C18H16N2O2/c1-13(14-5-3-2-4-6-14)22-16-9-7-15(8-10-16)17-11-12-18(21)20-19-17/h2-13H,1H3,(H,20,21). The molecule has 1 aromatic heterocycles. The number of H-pyrrole nitrogens is 1. The van der Waals surface area contributed by atoms with Crippen LogP contribution in [-0.2, 0) is 0 Å². The first-order chi connectivity index (χ1) is 10.7. The second-order valence-corrected chi connectivity index (χ2v) is 5.00. The van der Waals surface area contributed by atoms with E-state index in [1.165, 1.54) is 6.07 Å². The Morgan fingerprint density at radius 3 is 2.32 bits per heavy atom. The zero-order chi connectivity index (χ0) is 15.4. The van der Waals surface area contributed by atoms with Crippen LogP contribution >= 0.6 is 0 Å². The second-order valence-electron chi connectivity index (χ2n) is 5.00. The highest BCUT2D eigenvalue weighted by Crippen LogP contribution is 2.24. The topological polar surface area (TPSA) is 55.0 Å². The molecule has 4 nitrogen and oxygen atoms in total. The number of nitrogens with one attached hydrogen (secondary N) is 1. The zero-order valence-corrected chi connectivity index (χ0v) is 12.2. The van der Waals surface area contributed by atoms with Crippen LogP contribution in [0, 0.1) is 0 Å². The van der Waals surface area contributed by atoms with Gasteiger partial charge in [0.15, 0.2) is 0 Å². The average molecular weight is 292 g/mol. The van der Waals surface area contributed by atoms with Crippen LogP contribution in [0.25, 0.3) is 11.3 Å². The molecule has 1 N–H and O–H groups in total. The predicted octanol–water partition coefficient (Wildman–Crippen LogP) is 3.58. The van der Waals surface area contributed by atoms with E-state index in [1.807, 2.05) is 61.5 Å². The van der Waals surface area contributed by atoms with Crippen LogP contribution in [0.1, 0.15) is 18.6 Å². The molecule has 3 rings (SSSR count). The first-order valence-electron chi connectivity index (χ1n) is 7.10. The highest BCUT2D eigenvalue weighted by molar-refractivity contribution is 5.59. The van der Waals surface area contributed by atoms with Crippen molar-refractivity contribution in [2.24, 2.45) is 0 Å². The third-order valence-corrected chi connectivity index (χ3v) is 3.41. The summed E-state index contributed by atoms with van der Waals surface area (Å²) in [6, 6.07) is 20.9. The zero-order valence-electron chi connectivity index (χ0n) is 12.2. The second kappa shape index (κ2) is 6.26. The molecule has 4 heteroatoms. The number of hydrogen-bond acceptors (Lipinski definition) is 3. The smallest absolute Gasteiger partial charge is 0.264 e. The molecule has 0 bridgehead atoms. The molecule has 0 saturated heterocycles. The molecular formula is C18H16N2O2. The van der Waals surface area contributed by atoms with Crippen LogP contribution in [0.4, 0.5) is 0 Å². The third-order valence-electron chi connectivity index (χ3n) is 3.41. The Kier molecular flexibility index (Phi) is 4.01. The lowest BCUT2D eigenvalue weighted by Gasteiger charge is -2.15. The van der Waals surface area contributed by atoms with E-state index in [0.717, 1.165) is 22.6 Å². The minimum absolute atomic E-state index is 0.0155. The van der Waals surface area contributed by atoms with Gasteiger partial charge in [0, 0.05) is 11.6 Å². The molecule has 1 heterocycles. The first kappa shape index (κ1) is 14.1. The van der Waals surface area contributed by atoms with Crippen LogP contribution in [0.5, 0.6) is 5.75 Å². The van der Waals surface area contributed by atoms with Crippen molar-refractivity contribution >= 4 is 0 Å². The van der Waals surface area contributed by atoms with Gasteiger partial charge >= 0.3 is 0 Å². The molecule has 0 aliphatic rings. The van der Waals surface area contributed by atoms with Gasteiger partial charge in [-0.1, -0.05) is 30.3 Å². The maximum atomic E-state index is 11.0. The maximum Gasteiger partial charge on any atom is 0.264 e.